The summed E-state index contributed by atoms with van der Waals surface area (Å²) in [5, 5.41) is 0. The van der Waals surface area contributed by atoms with Crippen molar-refractivity contribution in [2.45, 2.75) is 46.5 Å². The molecule has 0 aromatic carbocycles. The summed E-state index contributed by atoms with van der Waals surface area (Å²) in [4.78, 5) is 0. The zero-order valence-corrected chi connectivity index (χ0v) is 8.61. The first kappa shape index (κ1) is 11.5. The highest BCUT2D eigenvalue weighted by Gasteiger charge is 1.91. The molecule has 0 spiro atoms. The molecule has 0 fully saturated rings. The summed E-state index contributed by atoms with van der Waals surface area (Å²) in [5.74, 6) is 0. The number of rotatable bonds is 3. The van der Waals surface area contributed by atoms with Crippen molar-refractivity contribution in [3.05, 3.63) is 11.8 Å². The van der Waals surface area contributed by atoms with E-state index in [1.165, 1.54) is 31.3 Å². The lowest BCUT2D eigenvalue weighted by Gasteiger charge is -1.86. The molecular weight excluding hydrogens is 148 g/mol. The highest BCUT2D eigenvalue weighted by Crippen LogP contribution is 1.95. The summed E-state index contributed by atoms with van der Waals surface area (Å²) < 4.78 is 0. The number of hydrogen-bond donors (Lipinski definition) is 2. The van der Waals surface area contributed by atoms with E-state index in [1.54, 1.807) is 0 Å². The standard InChI is InChI=1S/C6H14.C4H8N2/c1-3-5-6-4-2;1-4-2-5-6-3-4/h3-6H2,1-2H3;2,5-6H,3H2,1H3. The van der Waals surface area contributed by atoms with E-state index in [9.17, 15) is 0 Å². The number of unbranched alkanes of at least 4 members (excludes halogenated alkanes) is 3. The third-order valence-electron chi connectivity index (χ3n) is 1.74. The van der Waals surface area contributed by atoms with Gasteiger partial charge in [-0.25, -0.2) is 5.43 Å². The summed E-state index contributed by atoms with van der Waals surface area (Å²) in [6.07, 6.45) is 7.49. The fraction of sp³-hybridized carbons (Fsp3) is 0.800. The predicted octanol–water partition coefficient (Wildman–Crippen LogP) is 2.58. The van der Waals surface area contributed by atoms with Gasteiger partial charge in [0.15, 0.2) is 0 Å². The molecule has 0 radical (unpaired) electrons. The van der Waals surface area contributed by atoms with E-state index in [-0.39, 0.29) is 0 Å². The Morgan fingerprint density at radius 3 is 2.00 bits per heavy atom. The third kappa shape index (κ3) is 7.61. The molecule has 2 N–H and O–H groups in total. The first-order valence-electron chi connectivity index (χ1n) is 4.95. The van der Waals surface area contributed by atoms with Crippen LogP contribution in [0.15, 0.2) is 11.8 Å². The van der Waals surface area contributed by atoms with E-state index in [2.05, 4.69) is 31.6 Å². The topological polar surface area (TPSA) is 24.1 Å². The van der Waals surface area contributed by atoms with Crippen LogP contribution in [0.1, 0.15) is 46.5 Å². The monoisotopic (exact) mass is 170 g/mol. The van der Waals surface area contributed by atoms with Gasteiger partial charge in [0.05, 0.1) is 0 Å². The fourth-order valence-corrected chi connectivity index (χ4v) is 0.916. The van der Waals surface area contributed by atoms with Crippen molar-refractivity contribution in [2.24, 2.45) is 0 Å². The van der Waals surface area contributed by atoms with Crippen LogP contribution in [-0.2, 0) is 0 Å². The molecule has 12 heavy (non-hydrogen) atoms. The summed E-state index contributed by atoms with van der Waals surface area (Å²) >= 11 is 0. The normalized spacial score (nSPS) is 14.4. The Bertz CT molecular complexity index is 115. The van der Waals surface area contributed by atoms with Crippen molar-refractivity contribution in [3.8, 4) is 0 Å². The maximum absolute atomic E-state index is 2.93. The van der Waals surface area contributed by atoms with E-state index in [4.69, 9.17) is 0 Å². The van der Waals surface area contributed by atoms with Crippen LogP contribution in [0.25, 0.3) is 0 Å². The molecule has 0 aliphatic carbocycles. The van der Waals surface area contributed by atoms with Crippen LogP contribution in [0, 0.1) is 0 Å². The molecule has 0 saturated heterocycles. The van der Waals surface area contributed by atoms with Gasteiger partial charge in [-0.1, -0.05) is 39.5 Å². The maximum Gasteiger partial charge on any atom is 0.0372 e. The molecule has 0 unspecified atom stereocenters. The zero-order valence-electron chi connectivity index (χ0n) is 8.61. The SMILES string of the molecule is CC1=CNNC1.CCCCCC. The molecular formula is C10H22N2. The largest absolute Gasteiger partial charge is 0.328 e. The Labute approximate surface area is 76.4 Å². The van der Waals surface area contributed by atoms with Crippen LogP contribution in [0.4, 0.5) is 0 Å². The molecule has 0 amide bonds. The van der Waals surface area contributed by atoms with Gasteiger partial charge in [0.25, 0.3) is 0 Å². The molecule has 0 saturated carbocycles. The molecule has 0 aromatic heterocycles. The third-order valence-corrected chi connectivity index (χ3v) is 1.74. The van der Waals surface area contributed by atoms with Crippen LogP contribution < -0.4 is 10.9 Å². The van der Waals surface area contributed by atoms with E-state index >= 15 is 0 Å². The minimum Gasteiger partial charge on any atom is -0.328 e. The van der Waals surface area contributed by atoms with Crippen LogP contribution in [0.5, 0.6) is 0 Å². The highest BCUT2D eigenvalue weighted by molar-refractivity contribution is 5.02. The van der Waals surface area contributed by atoms with Crippen molar-refractivity contribution in [1.29, 1.82) is 0 Å². The van der Waals surface area contributed by atoms with Gasteiger partial charge in [0.1, 0.15) is 0 Å². The zero-order chi connectivity index (χ0) is 9.23. The maximum atomic E-state index is 2.93. The summed E-state index contributed by atoms with van der Waals surface area (Å²) in [7, 11) is 0. The molecule has 1 heterocycles. The average Bonchev–Trinajstić information content (AvgIpc) is 2.53. The van der Waals surface area contributed by atoms with Crippen LogP contribution in [0.2, 0.25) is 0 Å². The number of hydrazine groups is 1. The summed E-state index contributed by atoms with van der Waals surface area (Å²) in [6, 6.07) is 0. The van der Waals surface area contributed by atoms with Crippen LogP contribution >= 0.6 is 0 Å². The Morgan fingerprint density at radius 2 is 1.83 bits per heavy atom. The van der Waals surface area contributed by atoms with Crippen LogP contribution in [-0.4, -0.2) is 6.54 Å². The van der Waals surface area contributed by atoms with Gasteiger partial charge in [-0.2, -0.15) is 0 Å². The first-order valence-corrected chi connectivity index (χ1v) is 4.95. The van der Waals surface area contributed by atoms with E-state index in [0.717, 1.165) is 6.54 Å². The second-order valence-electron chi connectivity index (χ2n) is 3.20. The lowest BCUT2D eigenvalue weighted by atomic mass is 10.2. The van der Waals surface area contributed by atoms with Crippen molar-refractivity contribution >= 4 is 0 Å². The van der Waals surface area contributed by atoms with Crippen molar-refractivity contribution in [1.82, 2.24) is 10.9 Å². The molecule has 0 aromatic rings. The molecule has 2 heteroatoms. The van der Waals surface area contributed by atoms with Gasteiger partial charge in [-0.15, -0.1) is 0 Å². The van der Waals surface area contributed by atoms with Gasteiger partial charge in [0.2, 0.25) is 0 Å². The lowest BCUT2D eigenvalue weighted by Crippen LogP contribution is -2.20. The van der Waals surface area contributed by atoms with Gasteiger partial charge in [0, 0.05) is 12.7 Å². The van der Waals surface area contributed by atoms with Crippen molar-refractivity contribution in [2.75, 3.05) is 6.54 Å². The van der Waals surface area contributed by atoms with E-state index in [1.807, 2.05) is 6.20 Å². The van der Waals surface area contributed by atoms with Gasteiger partial charge < -0.3 is 5.43 Å². The molecule has 2 nitrogen and oxygen atoms in total. The van der Waals surface area contributed by atoms with Crippen molar-refractivity contribution in [3.63, 3.8) is 0 Å². The molecule has 1 rings (SSSR count). The van der Waals surface area contributed by atoms with Crippen molar-refractivity contribution < 1.29 is 0 Å². The Morgan fingerprint density at radius 1 is 1.25 bits per heavy atom. The minimum atomic E-state index is 0.986. The molecule has 0 atom stereocenters. The van der Waals surface area contributed by atoms with Gasteiger partial charge in [-0.3, -0.25) is 0 Å². The summed E-state index contributed by atoms with van der Waals surface area (Å²) in [6.45, 7) is 7.53. The molecule has 1 aliphatic rings. The number of hydrogen-bond acceptors (Lipinski definition) is 2. The minimum absolute atomic E-state index is 0.986. The average molecular weight is 170 g/mol. The molecule has 0 bridgehead atoms. The van der Waals surface area contributed by atoms with Gasteiger partial charge >= 0.3 is 0 Å². The van der Waals surface area contributed by atoms with E-state index < -0.39 is 0 Å². The second kappa shape index (κ2) is 8.60. The Kier molecular flexibility index (Phi) is 8.24. The number of nitrogens with one attached hydrogen (secondary N) is 2. The highest BCUT2D eigenvalue weighted by atomic mass is 15.4. The second-order valence-corrected chi connectivity index (χ2v) is 3.20. The summed E-state index contributed by atoms with van der Waals surface area (Å²) in [5.41, 5.74) is 7.15. The van der Waals surface area contributed by atoms with E-state index in [0.29, 0.717) is 0 Å². The molecule has 72 valence electrons. The quantitative estimate of drug-likeness (QED) is 0.636. The lowest BCUT2D eigenvalue weighted by molar-refractivity contribution is 0.702. The van der Waals surface area contributed by atoms with Crippen LogP contribution in [0.3, 0.4) is 0 Å². The Balaban J connectivity index is 0.000000202. The Hall–Kier alpha value is -0.500. The predicted molar refractivity (Wildman–Crippen MR) is 54.7 cm³/mol. The smallest absolute Gasteiger partial charge is 0.0372 e. The first-order chi connectivity index (χ1) is 5.81. The molecule has 1 aliphatic heterocycles. The fourth-order valence-electron chi connectivity index (χ4n) is 0.916. The van der Waals surface area contributed by atoms with Gasteiger partial charge in [-0.05, 0) is 12.5 Å².